The molecule has 0 aliphatic carbocycles. The third kappa shape index (κ3) is 3.19. The van der Waals surface area contributed by atoms with Crippen molar-refractivity contribution in [3.63, 3.8) is 0 Å². The number of carbonyl (C=O) groups excluding carboxylic acids is 1. The number of para-hydroxylation sites is 1. The molecule has 1 aromatic heterocycles. The van der Waals surface area contributed by atoms with E-state index in [9.17, 15) is 18.0 Å². The maximum Gasteiger partial charge on any atom is 0.291 e. The monoisotopic (exact) mass is 344 g/mol. The van der Waals surface area contributed by atoms with Crippen LogP contribution >= 0.6 is 0 Å². The minimum Gasteiger partial charge on any atom is -0.451 e. The van der Waals surface area contributed by atoms with E-state index >= 15 is 0 Å². The highest BCUT2D eigenvalue weighted by Crippen LogP contribution is 2.16. The molecule has 0 spiro atoms. The van der Waals surface area contributed by atoms with Gasteiger partial charge in [0.1, 0.15) is 5.58 Å². The molecule has 8 heteroatoms. The molecular weight excluding hydrogens is 332 g/mol. The molecule has 0 aliphatic rings. The fourth-order valence-electron chi connectivity index (χ4n) is 2.16. The number of benzene rings is 2. The predicted molar refractivity (Wildman–Crippen MR) is 88.3 cm³/mol. The van der Waals surface area contributed by atoms with Gasteiger partial charge in [-0.05, 0) is 30.3 Å². The Bertz CT molecular complexity index is 1100. The summed E-state index contributed by atoms with van der Waals surface area (Å²) < 4.78 is 28.1. The lowest BCUT2D eigenvalue weighted by Crippen LogP contribution is -2.16. The van der Waals surface area contributed by atoms with Crippen molar-refractivity contribution in [3.8, 4) is 0 Å². The van der Waals surface area contributed by atoms with Crippen molar-refractivity contribution in [2.75, 3.05) is 5.32 Å². The molecule has 1 amide bonds. The molecule has 3 aromatic rings. The van der Waals surface area contributed by atoms with Gasteiger partial charge in [0.2, 0.25) is 10.0 Å². The summed E-state index contributed by atoms with van der Waals surface area (Å²) >= 11 is 0. The third-order valence-corrected chi connectivity index (χ3v) is 4.19. The maximum atomic E-state index is 12.2. The summed E-state index contributed by atoms with van der Waals surface area (Å²) in [7, 11) is -3.89. The minimum absolute atomic E-state index is 0.139. The summed E-state index contributed by atoms with van der Waals surface area (Å²) in [5, 5.41) is 7.89. The van der Waals surface area contributed by atoms with Gasteiger partial charge < -0.3 is 9.73 Å². The standard InChI is InChI=1S/C16H12N2O5S/c17-24(21,22)11-5-3-4-10(8-11)18-16(20)15-9-13(19)12-6-1-2-7-14(12)23-15/h1-9H,(H,18,20)(H2,17,21,22). The van der Waals surface area contributed by atoms with Gasteiger partial charge in [-0.2, -0.15) is 0 Å². The lowest BCUT2D eigenvalue weighted by atomic mass is 10.2. The van der Waals surface area contributed by atoms with Gasteiger partial charge in [0.05, 0.1) is 10.3 Å². The molecule has 1 heterocycles. The second-order valence-electron chi connectivity index (χ2n) is 5.00. The van der Waals surface area contributed by atoms with Crippen LogP contribution in [0.25, 0.3) is 11.0 Å². The van der Waals surface area contributed by atoms with E-state index in [1.165, 1.54) is 24.3 Å². The number of primary sulfonamides is 1. The molecule has 0 saturated heterocycles. The topological polar surface area (TPSA) is 119 Å². The quantitative estimate of drug-likeness (QED) is 0.749. The first-order valence-electron chi connectivity index (χ1n) is 6.82. The minimum atomic E-state index is -3.89. The van der Waals surface area contributed by atoms with Crippen LogP contribution in [0.3, 0.4) is 0 Å². The van der Waals surface area contributed by atoms with E-state index < -0.39 is 15.9 Å². The molecule has 3 rings (SSSR count). The molecule has 2 aromatic carbocycles. The molecule has 24 heavy (non-hydrogen) atoms. The van der Waals surface area contributed by atoms with Crippen LogP contribution in [0, 0.1) is 0 Å². The summed E-state index contributed by atoms with van der Waals surface area (Å²) in [6.07, 6.45) is 0. The van der Waals surface area contributed by atoms with E-state index in [4.69, 9.17) is 9.56 Å². The second-order valence-corrected chi connectivity index (χ2v) is 6.56. The van der Waals surface area contributed by atoms with Crippen molar-refractivity contribution in [1.29, 1.82) is 0 Å². The van der Waals surface area contributed by atoms with Crippen molar-refractivity contribution >= 4 is 32.6 Å². The first-order chi connectivity index (χ1) is 11.3. The van der Waals surface area contributed by atoms with Crippen molar-refractivity contribution in [1.82, 2.24) is 0 Å². The van der Waals surface area contributed by atoms with Crippen LogP contribution in [-0.2, 0) is 10.0 Å². The lowest BCUT2D eigenvalue weighted by molar-refractivity contribution is 0.0997. The largest absolute Gasteiger partial charge is 0.451 e. The van der Waals surface area contributed by atoms with E-state index in [2.05, 4.69) is 5.32 Å². The zero-order valence-electron chi connectivity index (χ0n) is 12.2. The highest BCUT2D eigenvalue weighted by molar-refractivity contribution is 7.89. The van der Waals surface area contributed by atoms with Gasteiger partial charge in [-0.1, -0.05) is 18.2 Å². The number of anilines is 1. The molecule has 7 nitrogen and oxygen atoms in total. The number of amides is 1. The summed E-state index contributed by atoms with van der Waals surface area (Å²) in [5.74, 6) is -0.857. The van der Waals surface area contributed by atoms with Crippen molar-refractivity contribution in [2.45, 2.75) is 4.90 Å². The normalized spacial score (nSPS) is 11.4. The molecule has 0 unspecified atom stereocenters. The lowest BCUT2D eigenvalue weighted by Gasteiger charge is -2.06. The molecule has 0 fully saturated rings. The summed E-state index contributed by atoms with van der Waals surface area (Å²) in [5.41, 5.74) is 0.149. The van der Waals surface area contributed by atoms with E-state index in [1.54, 1.807) is 24.3 Å². The first-order valence-corrected chi connectivity index (χ1v) is 8.36. The Morgan fingerprint density at radius 1 is 1.04 bits per heavy atom. The third-order valence-electron chi connectivity index (χ3n) is 3.28. The molecular formula is C16H12N2O5S. The zero-order valence-corrected chi connectivity index (χ0v) is 13.0. The number of hydrogen-bond acceptors (Lipinski definition) is 5. The van der Waals surface area contributed by atoms with Crippen LogP contribution in [0.5, 0.6) is 0 Å². The smallest absolute Gasteiger partial charge is 0.291 e. The fraction of sp³-hybridized carbons (Fsp3) is 0. The van der Waals surface area contributed by atoms with Crippen LogP contribution < -0.4 is 15.9 Å². The Balaban J connectivity index is 1.95. The average molecular weight is 344 g/mol. The van der Waals surface area contributed by atoms with Crippen molar-refractivity contribution in [2.24, 2.45) is 5.14 Å². The van der Waals surface area contributed by atoms with Gasteiger partial charge in [-0.25, -0.2) is 13.6 Å². The number of hydrogen-bond donors (Lipinski definition) is 2. The van der Waals surface area contributed by atoms with E-state index in [-0.39, 0.29) is 27.4 Å². The van der Waals surface area contributed by atoms with Crippen LogP contribution in [0.2, 0.25) is 0 Å². The molecule has 0 aliphatic heterocycles. The van der Waals surface area contributed by atoms with E-state index in [1.807, 2.05) is 0 Å². The molecule has 122 valence electrons. The number of rotatable bonds is 3. The fourth-order valence-corrected chi connectivity index (χ4v) is 2.72. The summed E-state index contributed by atoms with van der Waals surface area (Å²) in [6, 6.07) is 13.1. The first kappa shape index (κ1) is 15.9. The number of fused-ring (bicyclic) bond motifs is 1. The average Bonchev–Trinajstić information content (AvgIpc) is 2.54. The summed E-state index contributed by atoms with van der Waals surface area (Å²) in [6.45, 7) is 0. The molecule has 0 saturated carbocycles. The summed E-state index contributed by atoms with van der Waals surface area (Å²) in [4.78, 5) is 24.1. The van der Waals surface area contributed by atoms with Crippen LogP contribution in [0.15, 0.2) is 68.7 Å². The van der Waals surface area contributed by atoms with Gasteiger partial charge in [-0.15, -0.1) is 0 Å². The second kappa shape index (κ2) is 5.91. The number of nitrogens with two attached hydrogens (primary N) is 1. The zero-order chi connectivity index (χ0) is 17.3. The molecule has 3 N–H and O–H groups in total. The Morgan fingerprint density at radius 2 is 1.79 bits per heavy atom. The van der Waals surface area contributed by atoms with Gasteiger partial charge in [0.25, 0.3) is 5.91 Å². The molecule has 0 atom stereocenters. The SMILES string of the molecule is NS(=O)(=O)c1cccc(NC(=O)c2cc(=O)c3ccccc3o2)c1. The maximum absolute atomic E-state index is 12.2. The van der Waals surface area contributed by atoms with Gasteiger partial charge in [0, 0.05) is 11.8 Å². The Hall–Kier alpha value is -2.97. The number of sulfonamides is 1. The highest BCUT2D eigenvalue weighted by atomic mass is 32.2. The predicted octanol–water partition coefficient (Wildman–Crippen LogP) is 1.69. The van der Waals surface area contributed by atoms with Gasteiger partial charge >= 0.3 is 0 Å². The van der Waals surface area contributed by atoms with Gasteiger partial charge in [-0.3, -0.25) is 9.59 Å². The van der Waals surface area contributed by atoms with Crippen LogP contribution in [0.4, 0.5) is 5.69 Å². The van der Waals surface area contributed by atoms with Crippen LogP contribution in [0.1, 0.15) is 10.6 Å². The molecule has 0 bridgehead atoms. The number of nitrogens with one attached hydrogen (secondary N) is 1. The van der Waals surface area contributed by atoms with Crippen LogP contribution in [-0.4, -0.2) is 14.3 Å². The van der Waals surface area contributed by atoms with Gasteiger partial charge in [0.15, 0.2) is 11.2 Å². The van der Waals surface area contributed by atoms with E-state index in [0.717, 1.165) is 6.07 Å². The Labute approximate surface area is 136 Å². The Kier molecular flexibility index (Phi) is 3.92. The van der Waals surface area contributed by atoms with E-state index in [0.29, 0.717) is 5.39 Å². The Morgan fingerprint density at radius 3 is 2.54 bits per heavy atom. The molecule has 0 radical (unpaired) electrons. The van der Waals surface area contributed by atoms with Crippen molar-refractivity contribution in [3.05, 3.63) is 70.6 Å². The highest BCUT2D eigenvalue weighted by Gasteiger charge is 2.14. The number of carbonyl (C=O) groups is 1. The van der Waals surface area contributed by atoms with Crippen molar-refractivity contribution < 1.29 is 17.6 Å².